The van der Waals surface area contributed by atoms with Crippen LogP contribution in [0.1, 0.15) is 120 Å². The number of amides is 1. The molecule has 0 saturated carbocycles. The van der Waals surface area contributed by atoms with Crippen LogP contribution in [0.4, 0.5) is 11.4 Å². The Morgan fingerprint density at radius 3 is 1.77 bits per heavy atom. The van der Waals surface area contributed by atoms with Crippen LogP contribution in [0, 0.1) is 6.67 Å². The molecule has 0 aromatic heterocycles. The van der Waals surface area contributed by atoms with Gasteiger partial charge < -0.3 is 4.90 Å². The summed E-state index contributed by atoms with van der Waals surface area (Å²) in [5.41, 5.74) is 8.59. The molecule has 7 rings (SSSR count). The first kappa shape index (κ1) is 40.9. The van der Waals surface area contributed by atoms with Crippen LogP contribution in [0.2, 0.25) is 0 Å². The van der Waals surface area contributed by atoms with E-state index in [4.69, 9.17) is 24.1 Å². The number of rotatable bonds is 11. The van der Waals surface area contributed by atoms with Gasteiger partial charge in [-0.1, -0.05) is 77.9 Å². The number of likely N-dealkylation sites (tertiary alicyclic amines) is 1. The molecule has 8 heteroatoms. The minimum atomic E-state index is -2.09. The molecular weight excluding hydrogens is 823 g/mol. The van der Waals surface area contributed by atoms with Gasteiger partial charge in [0.15, 0.2) is 0 Å². The van der Waals surface area contributed by atoms with Gasteiger partial charge in [-0.25, -0.2) is 0 Å². The van der Waals surface area contributed by atoms with Crippen LogP contribution < -0.4 is 14.5 Å². The fourth-order valence-electron chi connectivity index (χ4n) is 9.00. The number of quaternary nitrogens is 1. The van der Waals surface area contributed by atoms with Gasteiger partial charge in [0.2, 0.25) is 0 Å². The summed E-state index contributed by atoms with van der Waals surface area (Å²) in [5.74, 6) is 1.96. The number of hydrogen-bond acceptors (Lipinski definition) is 4. The molecule has 5 aromatic carbocycles. The summed E-state index contributed by atoms with van der Waals surface area (Å²) < 4.78 is 8.75. The van der Waals surface area contributed by atoms with E-state index in [-0.39, 0.29) is 11.9 Å². The topological polar surface area (TPSA) is 32.8 Å². The number of ether oxygens (including phenoxy) is 1. The molecule has 2 unspecified atom stereocenters. The third-order valence-electron chi connectivity index (χ3n) is 12.2. The van der Waals surface area contributed by atoms with E-state index in [2.05, 4.69) is 126 Å². The van der Waals surface area contributed by atoms with Crippen molar-refractivity contribution in [3.05, 3.63) is 119 Å². The fourth-order valence-corrected chi connectivity index (χ4v) is 10.8. The molecule has 2 saturated heterocycles. The Morgan fingerprint density at radius 2 is 1.23 bits per heavy atom. The molecule has 5 aromatic rings. The van der Waals surface area contributed by atoms with Crippen molar-refractivity contribution in [2.24, 2.45) is 0 Å². The van der Waals surface area contributed by atoms with Crippen molar-refractivity contribution in [2.75, 3.05) is 36.0 Å². The zero-order valence-electron chi connectivity index (χ0n) is 34.1. The third kappa shape index (κ3) is 7.93. The Labute approximate surface area is 347 Å². The van der Waals surface area contributed by atoms with E-state index in [0.29, 0.717) is 28.0 Å². The van der Waals surface area contributed by atoms with Crippen molar-refractivity contribution in [1.82, 2.24) is 0 Å². The molecular formula is C48H57Cl2N3O2Ru. The van der Waals surface area contributed by atoms with E-state index < -0.39 is 19.6 Å². The number of para-hydroxylation sites is 1. The fraction of sp³-hybridized carbons (Fsp3) is 0.396. The van der Waals surface area contributed by atoms with Gasteiger partial charge in [0.1, 0.15) is 0 Å². The molecule has 0 radical (unpaired) electrons. The molecule has 56 heavy (non-hydrogen) atoms. The third-order valence-corrected chi connectivity index (χ3v) is 14.1. The van der Waals surface area contributed by atoms with Gasteiger partial charge in [-0.15, -0.1) is 0 Å². The summed E-state index contributed by atoms with van der Waals surface area (Å²) in [6.07, 6.45) is 1.35. The second-order valence-electron chi connectivity index (χ2n) is 16.7. The Balaban J connectivity index is 1.32. The second kappa shape index (κ2) is 16.9. The van der Waals surface area contributed by atoms with Gasteiger partial charge in [0.25, 0.3) is 0 Å². The summed E-state index contributed by atoms with van der Waals surface area (Å²) in [6.45, 7) is 23.5. The predicted molar refractivity (Wildman–Crippen MR) is 235 cm³/mol. The van der Waals surface area contributed by atoms with Crippen molar-refractivity contribution in [2.45, 2.75) is 98.1 Å². The van der Waals surface area contributed by atoms with Gasteiger partial charge in [-0.05, 0) is 45.9 Å². The van der Waals surface area contributed by atoms with Gasteiger partial charge in [0, 0.05) is 17.6 Å². The van der Waals surface area contributed by atoms with E-state index in [1.807, 2.05) is 35.8 Å². The van der Waals surface area contributed by atoms with E-state index in [1.165, 1.54) is 55.2 Å². The maximum absolute atomic E-state index is 15.0. The molecule has 0 N–H and O–H groups in total. The summed E-state index contributed by atoms with van der Waals surface area (Å²) in [7, 11) is 12.6. The van der Waals surface area contributed by atoms with E-state index >= 15 is 0 Å². The first-order valence-electron chi connectivity index (χ1n) is 20.3. The van der Waals surface area contributed by atoms with E-state index in [9.17, 15) is 4.79 Å². The van der Waals surface area contributed by atoms with Crippen molar-refractivity contribution >= 4 is 62.8 Å². The summed E-state index contributed by atoms with van der Waals surface area (Å²) in [6, 6.07) is 30.7. The average molecular weight is 880 g/mol. The molecule has 298 valence electrons. The summed E-state index contributed by atoms with van der Waals surface area (Å²) >= 11 is -2.09. The minimum absolute atomic E-state index is 0.0949. The van der Waals surface area contributed by atoms with E-state index in [0.717, 1.165) is 44.6 Å². The van der Waals surface area contributed by atoms with Crippen LogP contribution in [0.5, 0.6) is 5.75 Å². The molecule has 2 fully saturated rings. The average Bonchev–Trinajstić information content (AvgIpc) is 3.88. The predicted octanol–water partition coefficient (Wildman–Crippen LogP) is 12.6. The van der Waals surface area contributed by atoms with Crippen molar-refractivity contribution in [3.8, 4) is 5.75 Å². The Hall–Kier alpha value is -3.28. The quantitative estimate of drug-likeness (QED) is 0.0752. The SMILES string of the molecule is CC(Oc1ccccc1[CH]=[Ru]([Cl])[Cl])C(=O)[N+]1(C(C)c2ccc3ccc(C(C)C)cc3c2N2[CH-]N(c3c(C(C)C)ccc4ccc(C(C)C)cc34)CC2)CCCC1. The Kier molecular flexibility index (Phi) is 12.3. The number of halogens is 2. The van der Waals surface area contributed by atoms with Gasteiger partial charge in [-0.2, -0.15) is 0 Å². The van der Waals surface area contributed by atoms with Gasteiger partial charge in [-0.3, -0.25) is 0 Å². The number of carbonyl (C=O) groups is 1. The normalized spacial score (nSPS) is 17.1. The monoisotopic (exact) mass is 879 g/mol. The summed E-state index contributed by atoms with van der Waals surface area (Å²) in [4.78, 5) is 19.9. The van der Waals surface area contributed by atoms with Gasteiger partial charge in [0.05, 0.1) is 0 Å². The zero-order chi connectivity index (χ0) is 39.9. The number of hydrogen-bond donors (Lipinski definition) is 0. The van der Waals surface area contributed by atoms with Crippen LogP contribution in [0.25, 0.3) is 21.5 Å². The molecule has 2 heterocycles. The van der Waals surface area contributed by atoms with Crippen LogP contribution in [-0.4, -0.2) is 47.3 Å². The molecule has 0 spiro atoms. The molecule has 0 bridgehead atoms. The number of nitrogens with zero attached hydrogens (tertiary/aromatic N) is 3. The summed E-state index contributed by atoms with van der Waals surface area (Å²) in [5, 5.41) is 5.03. The molecule has 2 aliphatic rings. The number of fused-ring (bicyclic) bond motifs is 2. The number of anilines is 2. The van der Waals surface area contributed by atoms with Crippen LogP contribution in [-0.2, 0) is 18.3 Å². The number of carbonyl (C=O) groups excluding carboxylic acids is 1. The van der Waals surface area contributed by atoms with Crippen LogP contribution in [0.15, 0.2) is 84.9 Å². The van der Waals surface area contributed by atoms with Crippen molar-refractivity contribution < 1.29 is 27.5 Å². The van der Waals surface area contributed by atoms with Crippen molar-refractivity contribution in [3.63, 3.8) is 0 Å². The molecule has 2 atom stereocenters. The molecule has 0 aliphatic carbocycles. The number of benzene rings is 5. The molecule has 2 aliphatic heterocycles. The maximum atomic E-state index is 15.0. The second-order valence-corrected chi connectivity index (χ2v) is 22.5. The first-order chi connectivity index (χ1) is 26.8. The standard InChI is InChI=1S/C48H57N3O2.2ClH.Ru/c1-31(2)39-18-16-37-20-22-41(33(5)6)46(43(37)28-39)49-24-25-50(30-49)47-42(23-21-38-17-19-40(32(3)4)29-44(38)47)35(8)51(26-12-13-27-51)48(52)36(9)53-45-15-11-10-14-34(45)7;;;/h7,10-11,14-23,28-33,35-36H,12-13,24-27H2,1-6,8-9H3;2*1H;/q;;;+2/p-2. The Bertz CT molecular complexity index is 2270. The first-order valence-corrected chi connectivity index (χ1v) is 25.8. The van der Waals surface area contributed by atoms with Crippen LogP contribution >= 0.6 is 19.4 Å². The molecule has 5 nitrogen and oxygen atoms in total. The van der Waals surface area contributed by atoms with Crippen LogP contribution in [0.3, 0.4) is 0 Å². The Morgan fingerprint density at radius 1 is 0.714 bits per heavy atom. The van der Waals surface area contributed by atoms with Gasteiger partial charge >= 0.3 is 203 Å². The van der Waals surface area contributed by atoms with E-state index in [1.54, 1.807) is 0 Å². The van der Waals surface area contributed by atoms with Crippen molar-refractivity contribution in [1.29, 1.82) is 0 Å². The zero-order valence-corrected chi connectivity index (χ0v) is 37.4. The molecule has 1 amide bonds.